The minimum atomic E-state index is -2.10. The molecule has 5 atom stereocenters. The Kier molecular flexibility index (Phi) is 6.99. The van der Waals surface area contributed by atoms with Gasteiger partial charge in [0.2, 0.25) is 5.88 Å². The van der Waals surface area contributed by atoms with E-state index in [1.54, 1.807) is 0 Å². The Morgan fingerprint density at radius 1 is 1.18 bits per heavy atom. The summed E-state index contributed by atoms with van der Waals surface area (Å²) in [5, 5.41) is 0.115. The highest BCUT2D eigenvalue weighted by molar-refractivity contribution is 6.74. The summed E-state index contributed by atoms with van der Waals surface area (Å²) in [5.74, 6) is -0.0334. The predicted octanol–water partition coefficient (Wildman–Crippen LogP) is 5.91. The van der Waals surface area contributed by atoms with Crippen molar-refractivity contribution in [1.82, 2.24) is 19.9 Å². The molecule has 0 radical (unpaired) electrons. The zero-order valence-corrected chi connectivity index (χ0v) is 26.0. The summed E-state index contributed by atoms with van der Waals surface area (Å²) >= 11 is 6.25. The maximum Gasteiger partial charge on any atom is 0.319 e. The number of alkyl halides is 1. The molecule has 6 rings (SSSR count). The van der Waals surface area contributed by atoms with Crippen LogP contribution in [0.15, 0.2) is 0 Å². The van der Waals surface area contributed by atoms with Crippen LogP contribution in [0.4, 0.5) is 14.6 Å². The highest BCUT2D eigenvalue weighted by atomic mass is 35.5. The van der Waals surface area contributed by atoms with Crippen molar-refractivity contribution in [3.8, 4) is 11.9 Å². The van der Waals surface area contributed by atoms with E-state index in [1.807, 2.05) is 11.9 Å². The van der Waals surface area contributed by atoms with Gasteiger partial charge in [-0.2, -0.15) is 15.0 Å². The molecule has 3 fully saturated rings. The van der Waals surface area contributed by atoms with Crippen LogP contribution in [0, 0.1) is 5.82 Å². The number of ether oxygens (including phenoxy) is 2. The average molecular weight is 596 g/mol. The predicted molar refractivity (Wildman–Crippen MR) is 153 cm³/mol. The van der Waals surface area contributed by atoms with E-state index >= 15 is 4.39 Å². The Bertz CT molecular complexity index is 1310. The maximum atomic E-state index is 15.5. The van der Waals surface area contributed by atoms with Gasteiger partial charge < -0.3 is 18.8 Å². The van der Waals surface area contributed by atoms with E-state index in [1.165, 1.54) is 0 Å². The Balaban J connectivity index is 1.39. The highest BCUT2D eigenvalue weighted by Gasteiger charge is 2.50. The summed E-state index contributed by atoms with van der Waals surface area (Å²) in [7, 11) is -0.156. The van der Waals surface area contributed by atoms with Crippen LogP contribution < -0.4 is 14.4 Å². The molecule has 1 aliphatic carbocycles. The summed E-state index contributed by atoms with van der Waals surface area (Å²) in [4.78, 5) is 17.8. The molecule has 0 N–H and O–H groups in total. The number of hydrogen-bond acceptors (Lipinski definition) is 8. The van der Waals surface area contributed by atoms with Crippen molar-refractivity contribution in [2.24, 2.45) is 0 Å². The van der Waals surface area contributed by atoms with Gasteiger partial charge in [-0.3, -0.25) is 4.90 Å². The topological polar surface area (TPSA) is 72.8 Å². The lowest BCUT2D eigenvalue weighted by Gasteiger charge is -2.47. The monoisotopic (exact) mass is 595 g/mol. The lowest BCUT2D eigenvalue weighted by atomic mass is 9.89. The van der Waals surface area contributed by atoms with Crippen LogP contribution in [0.1, 0.15) is 59.3 Å². The fraction of sp³-hybridized carbons (Fsp3) is 0.750. The molecule has 0 unspecified atom stereocenters. The molecule has 1 saturated carbocycles. The number of aromatic nitrogens is 3. The second-order valence-corrected chi connectivity index (χ2v) is 18.7. The first-order chi connectivity index (χ1) is 18.8. The van der Waals surface area contributed by atoms with E-state index in [4.69, 9.17) is 30.5 Å². The smallest absolute Gasteiger partial charge is 0.319 e. The second-order valence-electron chi connectivity index (χ2n) is 13.5. The lowest BCUT2D eigenvalue weighted by Crippen LogP contribution is -2.58. The summed E-state index contributed by atoms with van der Waals surface area (Å²) in [6, 6.07) is -0.128. The van der Waals surface area contributed by atoms with Crippen molar-refractivity contribution < 1.29 is 22.7 Å². The van der Waals surface area contributed by atoms with Gasteiger partial charge in [0, 0.05) is 20.0 Å². The fourth-order valence-electron chi connectivity index (χ4n) is 6.83. The second kappa shape index (κ2) is 9.88. The Hall–Kier alpha value is -1.82. The van der Waals surface area contributed by atoms with Crippen LogP contribution in [0.3, 0.4) is 0 Å². The SMILES string of the molecule is CN1c2nc(OC[C@@]34CCCN3C[C@H](F)C4)nc3c(F)c(Cl)nc(c23)O[C@@H]2CCC[C@H](O[Si](C)(C)C(C)(C)C)[C@H]21. The van der Waals surface area contributed by atoms with Crippen molar-refractivity contribution in [3.05, 3.63) is 11.0 Å². The molecule has 0 bridgehead atoms. The van der Waals surface area contributed by atoms with Gasteiger partial charge in [-0.15, -0.1) is 0 Å². The number of halogens is 3. The summed E-state index contributed by atoms with van der Waals surface area (Å²) in [6.07, 6.45) is 3.70. The molecule has 220 valence electrons. The molecule has 5 heterocycles. The van der Waals surface area contributed by atoms with Crippen molar-refractivity contribution in [1.29, 1.82) is 0 Å². The Morgan fingerprint density at radius 2 is 1.95 bits per heavy atom. The van der Waals surface area contributed by atoms with E-state index in [0.29, 0.717) is 24.2 Å². The average Bonchev–Trinajstić information content (AvgIpc) is 3.36. The zero-order chi connectivity index (χ0) is 28.6. The first-order valence-corrected chi connectivity index (χ1v) is 17.7. The number of nitrogens with zero attached hydrogens (tertiary/aromatic N) is 5. The number of anilines is 1. The molecule has 12 heteroatoms. The Labute approximate surface area is 240 Å². The van der Waals surface area contributed by atoms with E-state index in [0.717, 1.165) is 38.6 Å². The Morgan fingerprint density at radius 3 is 2.70 bits per heavy atom. The first-order valence-electron chi connectivity index (χ1n) is 14.5. The van der Waals surface area contributed by atoms with Gasteiger partial charge in [0.05, 0.1) is 17.7 Å². The van der Waals surface area contributed by atoms with E-state index in [-0.39, 0.29) is 58.0 Å². The third kappa shape index (κ3) is 4.64. The fourth-order valence-corrected chi connectivity index (χ4v) is 8.36. The minimum absolute atomic E-state index is 0.0120. The van der Waals surface area contributed by atoms with Crippen LogP contribution in [-0.4, -0.2) is 84.9 Å². The van der Waals surface area contributed by atoms with Crippen LogP contribution >= 0.6 is 11.6 Å². The van der Waals surface area contributed by atoms with Crippen LogP contribution in [0.2, 0.25) is 23.3 Å². The molecule has 0 amide bonds. The van der Waals surface area contributed by atoms with Gasteiger partial charge in [0.15, 0.2) is 19.3 Å². The molecule has 40 heavy (non-hydrogen) atoms. The summed E-state index contributed by atoms with van der Waals surface area (Å²) < 4.78 is 49.4. The maximum absolute atomic E-state index is 15.5. The molecule has 0 aromatic carbocycles. The van der Waals surface area contributed by atoms with Gasteiger partial charge in [0.1, 0.15) is 35.6 Å². The highest BCUT2D eigenvalue weighted by Crippen LogP contribution is 2.46. The van der Waals surface area contributed by atoms with Gasteiger partial charge in [-0.05, 0) is 56.8 Å². The first kappa shape index (κ1) is 28.3. The lowest BCUT2D eigenvalue weighted by molar-refractivity contribution is 0.0353. The van der Waals surface area contributed by atoms with E-state index in [2.05, 4.69) is 48.7 Å². The van der Waals surface area contributed by atoms with E-state index < -0.39 is 20.3 Å². The summed E-state index contributed by atoms with van der Waals surface area (Å²) in [6.45, 7) is 12.7. The molecule has 2 aromatic rings. The molecule has 3 aliphatic heterocycles. The number of pyridine rings is 1. The number of rotatable bonds is 5. The molecular formula is C28H40ClF2N5O3Si. The van der Waals surface area contributed by atoms with Crippen molar-refractivity contribution in [3.63, 3.8) is 0 Å². The van der Waals surface area contributed by atoms with Gasteiger partial charge in [-0.25, -0.2) is 8.78 Å². The van der Waals surface area contributed by atoms with Gasteiger partial charge in [0.25, 0.3) is 0 Å². The molecule has 2 aromatic heterocycles. The van der Waals surface area contributed by atoms with E-state index in [9.17, 15) is 4.39 Å². The molecular weight excluding hydrogens is 556 g/mol. The molecule has 2 saturated heterocycles. The third-order valence-corrected chi connectivity index (χ3v) is 14.7. The van der Waals surface area contributed by atoms with Crippen molar-refractivity contribution in [2.75, 3.05) is 31.6 Å². The van der Waals surface area contributed by atoms with Crippen LogP contribution in [-0.2, 0) is 4.43 Å². The minimum Gasteiger partial charge on any atom is -0.471 e. The van der Waals surface area contributed by atoms with Crippen molar-refractivity contribution in [2.45, 2.75) is 107 Å². The third-order valence-electron chi connectivity index (χ3n) is 9.94. The molecule has 8 nitrogen and oxygen atoms in total. The van der Waals surface area contributed by atoms with Crippen molar-refractivity contribution >= 4 is 36.6 Å². The number of fused-ring (bicyclic) bond motifs is 2. The quantitative estimate of drug-likeness (QED) is 0.312. The normalized spacial score (nSPS) is 30.7. The summed E-state index contributed by atoms with van der Waals surface area (Å²) in [5.41, 5.74) is -0.366. The zero-order valence-electron chi connectivity index (χ0n) is 24.3. The van der Waals surface area contributed by atoms with Crippen LogP contribution in [0.5, 0.6) is 11.9 Å². The number of hydrogen-bond donors (Lipinski definition) is 0. The molecule has 0 spiro atoms. The molecule has 4 aliphatic rings. The van der Waals surface area contributed by atoms with Crippen LogP contribution in [0.25, 0.3) is 10.9 Å². The standard InChI is InChI=1S/C28H40ClF2N5O3Si/c1-27(2,3)40(5,6)39-18-10-7-9-17-22(18)35(4)24-19-21(20(31)23(29)33-25(19)38-17)32-26(34-24)37-15-28-11-8-12-36(28)14-16(30)13-28/h16-18,22H,7-15H2,1-6H3/t16-,17-,18+,22+,28+/m1/s1. The van der Waals surface area contributed by atoms with Gasteiger partial charge in [-0.1, -0.05) is 32.4 Å². The van der Waals surface area contributed by atoms with Gasteiger partial charge >= 0.3 is 6.01 Å². The number of likely N-dealkylation sites (N-methyl/N-ethyl adjacent to an activating group) is 1. The largest absolute Gasteiger partial charge is 0.471 e.